The average molecular weight is 425 g/mol. The van der Waals surface area contributed by atoms with Gasteiger partial charge in [0.15, 0.2) is 11.8 Å². The lowest BCUT2D eigenvalue weighted by Gasteiger charge is -2.22. The second-order valence-corrected chi connectivity index (χ2v) is 7.57. The van der Waals surface area contributed by atoms with Crippen LogP contribution in [0.4, 0.5) is 0 Å². The average Bonchev–Trinajstić information content (AvgIpc) is 3.17. The van der Waals surface area contributed by atoms with E-state index < -0.39 is 0 Å². The first-order valence-electron chi connectivity index (χ1n) is 9.03. The van der Waals surface area contributed by atoms with Crippen LogP contribution in [0.25, 0.3) is 0 Å². The highest BCUT2D eigenvalue weighted by molar-refractivity contribution is 9.10. The van der Waals surface area contributed by atoms with E-state index in [1.54, 1.807) is 0 Å². The summed E-state index contributed by atoms with van der Waals surface area (Å²) >= 11 is 3.52. The van der Waals surface area contributed by atoms with Gasteiger partial charge in [-0.25, -0.2) is 0 Å². The first kappa shape index (κ1) is 20.5. The maximum absolute atomic E-state index is 5.28. The number of aliphatic imine (C=N–C) groups is 1. The topological polar surface area (TPSA) is 71.5 Å². The van der Waals surface area contributed by atoms with Gasteiger partial charge in [0.1, 0.15) is 0 Å². The molecule has 0 aromatic carbocycles. The largest absolute Gasteiger partial charge is 0.357 e. The summed E-state index contributed by atoms with van der Waals surface area (Å²) in [5, 5.41) is 7.35. The van der Waals surface area contributed by atoms with Crippen molar-refractivity contribution in [2.45, 2.75) is 46.1 Å². The second kappa shape index (κ2) is 9.75. The van der Waals surface area contributed by atoms with Crippen molar-refractivity contribution in [2.75, 3.05) is 20.1 Å². The molecule has 26 heavy (non-hydrogen) atoms. The quantitative estimate of drug-likeness (QED) is 0.399. The van der Waals surface area contributed by atoms with E-state index in [0.29, 0.717) is 12.4 Å². The van der Waals surface area contributed by atoms with E-state index in [0.717, 1.165) is 42.2 Å². The summed E-state index contributed by atoms with van der Waals surface area (Å²) < 4.78 is 8.49. The van der Waals surface area contributed by atoms with Gasteiger partial charge >= 0.3 is 0 Å². The Kier molecular flexibility index (Phi) is 7.68. The highest BCUT2D eigenvalue weighted by Gasteiger charge is 2.11. The predicted octanol–water partition coefficient (Wildman–Crippen LogP) is 3.32. The molecule has 0 unspecified atom stereocenters. The van der Waals surface area contributed by atoms with Crippen molar-refractivity contribution in [1.29, 1.82) is 0 Å². The zero-order chi connectivity index (χ0) is 19.1. The van der Waals surface area contributed by atoms with Crippen molar-refractivity contribution in [3.05, 3.63) is 34.1 Å². The molecule has 1 N–H and O–H groups in total. The molecule has 2 aromatic heterocycles. The van der Waals surface area contributed by atoms with Gasteiger partial charge in [0.25, 0.3) is 0 Å². The van der Waals surface area contributed by atoms with Crippen LogP contribution < -0.4 is 5.32 Å². The molecule has 144 valence electrons. The fourth-order valence-electron chi connectivity index (χ4n) is 2.53. The van der Waals surface area contributed by atoms with Crippen molar-refractivity contribution in [3.63, 3.8) is 0 Å². The van der Waals surface area contributed by atoms with Crippen LogP contribution in [0.3, 0.4) is 0 Å². The number of guanidine groups is 1. The van der Waals surface area contributed by atoms with Crippen molar-refractivity contribution < 1.29 is 4.52 Å². The zero-order valence-corrected chi connectivity index (χ0v) is 17.9. The Balaban J connectivity index is 1.89. The van der Waals surface area contributed by atoms with Crippen molar-refractivity contribution in [3.8, 4) is 0 Å². The van der Waals surface area contributed by atoms with Crippen molar-refractivity contribution >= 4 is 21.9 Å². The minimum atomic E-state index is 0.289. The molecule has 0 aliphatic carbocycles. The second-order valence-electron chi connectivity index (χ2n) is 6.66. The van der Waals surface area contributed by atoms with Gasteiger partial charge in [-0.3, -0.25) is 4.99 Å². The molecule has 0 bridgehead atoms. The van der Waals surface area contributed by atoms with Gasteiger partial charge in [-0.15, -0.1) is 0 Å². The molecule has 0 radical (unpaired) electrons. The Morgan fingerprint density at radius 3 is 2.81 bits per heavy atom. The smallest absolute Gasteiger partial charge is 0.226 e. The Hall–Kier alpha value is -1.83. The van der Waals surface area contributed by atoms with Gasteiger partial charge in [0.2, 0.25) is 5.89 Å². The fraction of sp³-hybridized carbons (Fsp3) is 0.611. The number of hydrogen-bond donors (Lipinski definition) is 1. The van der Waals surface area contributed by atoms with Crippen LogP contribution in [0.1, 0.15) is 50.5 Å². The number of halogens is 1. The molecule has 0 aliphatic heterocycles. The van der Waals surface area contributed by atoms with E-state index in [-0.39, 0.29) is 5.92 Å². The van der Waals surface area contributed by atoms with E-state index in [4.69, 9.17) is 9.52 Å². The first-order chi connectivity index (χ1) is 12.4. The number of aryl methyl sites for hydroxylation is 2. The minimum Gasteiger partial charge on any atom is -0.357 e. The lowest BCUT2D eigenvalue weighted by atomic mass is 10.2. The van der Waals surface area contributed by atoms with Gasteiger partial charge in [0, 0.05) is 55.9 Å². The summed E-state index contributed by atoms with van der Waals surface area (Å²) in [5.41, 5.74) is 1.22. The summed E-state index contributed by atoms with van der Waals surface area (Å²) in [4.78, 5) is 11.3. The Morgan fingerprint density at radius 1 is 1.46 bits per heavy atom. The normalized spacial score (nSPS) is 12.0. The maximum Gasteiger partial charge on any atom is 0.226 e. The van der Waals surface area contributed by atoms with Crippen molar-refractivity contribution in [2.24, 2.45) is 12.0 Å². The first-order valence-corrected chi connectivity index (χ1v) is 9.82. The summed E-state index contributed by atoms with van der Waals surface area (Å²) in [6.45, 7) is 8.53. The molecule has 0 atom stereocenters. The van der Waals surface area contributed by atoms with Gasteiger partial charge < -0.3 is 19.3 Å². The molecule has 2 rings (SSSR count). The maximum atomic E-state index is 5.28. The van der Waals surface area contributed by atoms with Crippen molar-refractivity contribution in [1.82, 2.24) is 24.9 Å². The summed E-state index contributed by atoms with van der Waals surface area (Å²) in [7, 11) is 4.10. The summed E-state index contributed by atoms with van der Waals surface area (Å²) in [6.07, 6.45) is 3.68. The standard InChI is InChI=1S/C18H29BrN6O/c1-6-20-18(25(5)12-15-10-14(19)11-24(15)4)21-9-7-8-16-22-17(13(2)3)23-26-16/h10-11,13H,6-9,12H2,1-5H3,(H,20,21). The molecule has 2 aromatic rings. The van der Waals surface area contributed by atoms with E-state index in [1.807, 2.05) is 7.05 Å². The molecule has 8 heteroatoms. The van der Waals surface area contributed by atoms with Crippen LogP contribution in [0.15, 0.2) is 26.3 Å². The molecule has 0 spiro atoms. The van der Waals surface area contributed by atoms with Crippen LogP contribution in [0, 0.1) is 0 Å². The van der Waals surface area contributed by atoms with E-state index in [9.17, 15) is 0 Å². The molecule has 0 saturated heterocycles. The molecule has 0 aliphatic rings. The van der Waals surface area contributed by atoms with Crippen LogP contribution in [0.2, 0.25) is 0 Å². The number of nitrogens with one attached hydrogen (secondary N) is 1. The number of aromatic nitrogens is 3. The third-order valence-corrected chi connectivity index (χ3v) is 4.41. The molecular weight excluding hydrogens is 396 g/mol. The van der Waals surface area contributed by atoms with Gasteiger partial charge in [0.05, 0.1) is 6.54 Å². The number of hydrogen-bond acceptors (Lipinski definition) is 4. The zero-order valence-electron chi connectivity index (χ0n) is 16.3. The number of nitrogens with zero attached hydrogens (tertiary/aromatic N) is 5. The molecule has 0 fully saturated rings. The number of rotatable bonds is 8. The van der Waals surface area contributed by atoms with Crippen LogP contribution in [0.5, 0.6) is 0 Å². The minimum absolute atomic E-state index is 0.289. The van der Waals surface area contributed by atoms with Crippen LogP contribution >= 0.6 is 15.9 Å². The van der Waals surface area contributed by atoms with E-state index in [1.165, 1.54) is 5.69 Å². The van der Waals surface area contributed by atoms with Gasteiger partial charge in [-0.2, -0.15) is 4.98 Å². The monoisotopic (exact) mass is 424 g/mol. The third-order valence-electron chi connectivity index (χ3n) is 3.98. The molecule has 7 nitrogen and oxygen atoms in total. The highest BCUT2D eigenvalue weighted by atomic mass is 79.9. The Labute approximate surface area is 164 Å². The Bertz CT molecular complexity index is 721. The van der Waals surface area contributed by atoms with Crippen LogP contribution in [-0.4, -0.2) is 45.7 Å². The SMILES string of the molecule is CCNC(=NCCCc1nc(C(C)C)no1)N(C)Cc1cc(Br)cn1C. The van der Waals surface area contributed by atoms with E-state index in [2.05, 4.69) is 80.9 Å². The Morgan fingerprint density at radius 2 is 2.23 bits per heavy atom. The molecular formula is C18H29BrN6O. The summed E-state index contributed by atoms with van der Waals surface area (Å²) in [5.74, 6) is 2.65. The van der Waals surface area contributed by atoms with E-state index >= 15 is 0 Å². The summed E-state index contributed by atoms with van der Waals surface area (Å²) in [6, 6.07) is 2.13. The van der Waals surface area contributed by atoms with Gasteiger partial charge in [-0.05, 0) is 35.3 Å². The third kappa shape index (κ3) is 5.86. The van der Waals surface area contributed by atoms with Crippen LogP contribution in [-0.2, 0) is 20.0 Å². The van der Waals surface area contributed by atoms with Gasteiger partial charge in [-0.1, -0.05) is 19.0 Å². The fourth-order valence-corrected chi connectivity index (χ4v) is 3.10. The predicted molar refractivity (Wildman–Crippen MR) is 107 cm³/mol. The molecule has 2 heterocycles. The lowest BCUT2D eigenvalue weighted by Crippen LogP contribution is -2.38. The lowest BCUT2D eigenvalue weighted by molar-refractivity contribution is 0.369. The molecule has 0 amide bonds. The molecule has 0 saturated carbocycles. The highest BCUT2D eigenvalue weighted by Crippen LogP contribution is 2.15.